The van der Waals surface area contributed by atoms with Gasteiger partial charge in [0.05, 0.1) is 0 Å². The number of fused-ring (bicyclic) bond motifs is 3. The highest BCUT2D eigenvalue weighted by Crippen LogP contribution is 2.52. The summed E-state index contributed by atoms with van der Waals surface area (Å²) in [6, 6.07) is 18.9. The summed E-state index contributed by atoms with van der Waals surface area (Å²) in [6.45, 7) is 0. The summed E-state index contributed by atoms with van der Waals surface area (Å²) in [7, 11) is -0.662. The Labute approximate surface area is 163 Å². The lowest BCUT2D eigenvalue weighted by molar-refractivity contribution is -0.376. The van der Waals surface area contributed by atoms with Gasteiger partial charge in [-0.3, -0.25) is 0 Å². The summed E-state index contributed by atoms with van der Waals surface area (Å²) in [6.07, 6.45) is -11.8. The Morgan fingerprint density at radius 3 is 1.41 bits per heavy atom. The Morgan fingerprint density at radius 2 is 1.00 bits per heavy atom. The molecule has 0 radical (unpaired) electrons. The zero-order valence-electron chi connectivity index (χ0n) is 14.6. The van der Waals surface area contributed by atoms with Crippen LogP contribution in [0.2, 0.25) is 0 Å². The van der Waals surface area contributed by atoms with Crippen LogP contribution in [-0.4, -0.2) is 17.5 Å². The number of benzene rings is 3. The summed E-state index contributed by atoms with van der Waals surface area (Å²) in [4.78, 5) is 0.567. The van der Waals surface area contributed by atoms with E-state index in [-0.39, 0.29) is 0 Å². The Kier molecular flexibility index (Phi) is 4.40. The molecule has 29 heavy (non-hydrogen) atoms. The molecule has 0 aliphatic carbocycles. The van der Waals surface area contributed by atoms with Crippen molar-refractivity contribution in [1.29, 1.82) is 0 Å². The lowest BCUT2D eigenvalue weighted by atomic mass is 9.92. The van der Waals surface area contributed by atoms with E-state index < -0.39 is 34.0 Å². The molecule has 8 heteroatoms. The molecule has 0 fully saturated rings. The topological polar surface area (TPSA) is 20.2 Å². The predicted octanol–water partition coefficient (Wildman–Crippen LogP) is 7.04. The van der Waals surface area contributed by atoms with Crippen LogP contribution in [0, 0.1) is 0 Å². The van der Waals surface area contributed by atoms with Crippen LogP contribution in [0.3, 0.4) is 0 Å². The first-order valence-corrected chi connectivity index (χ1v) is 9.67. The molecule has 0 spiro atoms. The van der Waals surface area contributed by atoms with Crippen molar-refractivity contribution in [3.63, 3.8) is 0 Å². The number of thiophene rings is 1. The van der Waals surface area contributed by atoms with Gasteiger partial charge >= 0.3 is 12.4 Å². The van der Waals surface area contributed by atoms with Gasteiger partial charge in [-0.2, -0.15) is 26.3 Å². The van der Waals surface area contributed by atoms with Crippen molar-refractivity contribution < 1.29 is 31.4 Å². The number of halogens is 6. The quantitative estimate of drug-likeness (QED) is 0.269. The highest BCUT2D eigenvalue weighted by Gasteiger charge is 2.71. The van der Waals surface area contributed by atoms with Crippen LogP contribution < -0.4 is 0 Å². The molecule has 0 amide bonds. The van der Waals surface area contributed by atoms with Crippen molar-refractivity contribution >= 4 is 30.6 Å². The van der Waals surface area contributed by atoms with Crippen molar-refractivity contribution in [2.45, 2.75) is 18.0 Å². The molecule has 0 bridgehead atoms. The maximum atomic E-state index is 13.1. The first-order valence-electron chi connectivity index (χ1n) is 8.45. The van der Waals surface area contributed by atoms with Crippen LogP contribution in [0.1, 0.15) is 5.56 Å². The van der Waals surface area contributed by atoms with Gasteiger partial charge in [0.1, 0.15) is 0 Å². The van der Waals surface area contributed by atoms with Gasteiger partial charge < -0.3 is 5.11 Å². The molecule has 3 aromatic carbocycles. The molecule has 1 nitrogen and oxygen atoms in total. The van der Waals surface area contributed by atoms with E-state index >= 15 is 0 Å². The minimum atomic E-state index is -5.90. The van der Waals surface area contributed by atoms with Crippen molar-refractivity contribution in [2.24, 2.45) is 0 Å². The third-order valence-electron chi connectivity index (χ3n) is 4.83. The molecule has 0 unspecified atom stereocenters. The van der Waals surface area contributed by atoms with E-state index in [1.807, 2.05) is 48.5 Å². The van der Waals surface area contributed by atoms with Crippen molar-refractivity contribution in [2.75, 3.05) is 0 Å². The second-order valence-corrected chi connectivity index (χ2v) is 8.49. The minimum Gasteiger partial charge on any atom is -0.369 e. The normalized spacial score (nSPS) is 13.3. The van der Waals surface area contributed by atoms with Crippen molar-refractivity contribution in [1.82, 2.24) is 0 Å². The highest BCUT2D eigenvalue weighted by molar-refractivity contribution is 7.50. The molecule has 1 aromatic heterocycles. The minimum absolute atomic E-state index is 0.567. The Hall–Kier alpha value is -2.58. The standard InChI is InChI=1S/C21H13F6OS/c22-20(23,24)19(28,21(25,26)27)13-9-11-14(12-10-13)29-17-7-3-1-5-15(17)16-6-2-4-8-18(16)29/h1-12,28H/q+1. The summed E-state index contributed by atoms with van der Waals surface area (Å²) >= 11 is 0. The van der Waals surface area contributed by atoms with Gasteiger partial charge in [-0.05, 0) is 36.4 Å². The average Bonchev–Trinajstić information content (AvgIpc) is 3.00. The SMILES string of the molecule is OC(c1ccc(-[s+]2c3ccccc3c3ccccc32)cc1)(C(F)(F)F)C(F)(F)F. The Bertz CT molecular complexity index is 1120. The summed E-state index contributed by atoms with van der Waals surface area (Å²) < 4.78 is 80.6. The van der Waals surface area contributed by atoms with Gasteiger partial charge in [-0.15, -0.1) is 0 Å². The largest absolute Gasteiger partial charge is 0.430 e. The number of hydrogen-bond acceptors (Lipinski definition) is 1. The molecule has 0 saturated heterocycles. The Morgan fingerprint density at radius 1 is 0.586 bits per heavy atom. The Balaban J connectivity index is 1.92. The summed E-state index contributed by atoms with van der Waals surface area (Å²) in [5.41, 5.74) is -6.18. The maximum Gasteiger partial charge on any atom is 0.430 e. The van der Waals surface area contributed by atoms with E-state index in [1.165, 1.54) is 12.1 Å². The molecule has 150 valence electrons. The lowest BCUT2D eigenvalue weighted by Crippen LogP contribution is -2.53. The first kappa shape index (κ1) is 19.7. The summed E-state index contributed by atoms with van der Waals surface area (Å²) in [5, 5.41) is 11.5. The van der Waals surface area contributed by atoms with E-state index in [0.29, 0.717) is 17.0 Å². The molecule has 0 saturated carbocycles. The third-order valence-corrected chi connectivity index (χ3v) is 7.17. The van der Waals surface area contributed by atoms with Crippen LogP contribution in [-0.2, 0) is 5.60 Å². The van der Waals surface area contributed by atoms with E-state index in [1.54, 1.807) is 0 Å². The number of aliphatic hydroxyl groups is 1. The van der Waals surface area contributed by atoms with Gasteiger partial charge in [0.15, 0.2) is 14.3 Å². The van der Waals surface area contributed by atoms with Crippen molar-refractivity contribution in [3.8, 4) is 4.90 Å². The molecular weight excluding hydrogens is 414 g/mol. The second kappa shape index (κ2) is 6.47. The average molecular weight is 427 g/mol. The molecule has 0 aliphatic rings. The van der Waals surface area contributed by atoms with Crippen LogP contribution in [0.4, 0.5) is 26.3 Å². The second-order valence-electron chi connectivity index (χ2n) is 6.53. The van der Waals surface area contributed by atoms with E-state index in [2.05, 4.69) is 0 Å². The van der Waals surface area contributed by atoms with E-state index in [9.17, 15) is 31.4 Å². The monoisotopic (exact) mass is 427 g/mol. The van der Waals surface area contributed by atoms with Crippen LogP contribution in [0.5, 0.6) is 0 Å². The van der Waals surface area contributed by atoms with Crippen molar-refractivity contribution in [3.05, 3.63) is 78.4 Å². The van der Waals surface area contributed by atoms with Crippen LogP contribution >= 0.6 is 10.5 Å². The smallest absolute Gasteiger partial charge is 0.369 e. The zero-order chi connectivity index (χ0) is 21.0. The number of alkyl halides is 6. The predicted molar refractivity (Wildman–Crippen MR) is 101 cm³/mol. The van der Waals surface area contributed by atoms with E-state index in [4.69, 9.17) is 0 Å². The summed E-state index contributed by atoms with van der Waals surface area (Å²) in [5.74, 6) is 0. The molecule has 0 atom stereocenters. The molecule has 4 aromatic rings. The molecule has 0 aliphatic heterocycles. The molecule has 1 N–H and O–H groups in total. The molecule has 1 heterocycles. The highest BCUT2D eigenvalue weighted by atomic mass is 32.2. The first-order chi connectivity index (χ1) is 13.6. The van der Waals surface area contributed by atoms with Gasteiger partial charge in [-0.25, -0.2) is 0 Å². The fourth-order valence-electron chi connectivity index (χ4n) is 3.43. The van der Waals surface area contributed by atoms with Gasteiger partial charge in [0.25, 0.3) is 5.60 Å². The maximum absolute atomic E-state index is 13.1. The number of rotatable bonds is 2. The van der Waals surface area contributed by atoms with Gasteiger partial charge in [0, 0.05) is 26.8 Å². The zero-order valence-corrected chi connectivity index (χ0v) is 15.4. The van der Waals surface area contributed by atoms with Crippen LogP contribution in [0.25, 0.3) is 25.1 Å². The third kappa shape index (κ3) is 2.89. The van der Waals surface area contributed by atoms with Crippen LogP contribution in [0.15, 0.2) is 72.8 Å². The van der Waals surface area contributed by atoms with Gasteiger partial charge in [-0.1, -0.05) is 36.4 Å². The van der Waals surface area contributed by atoms with Gasteiger partial charge in [0.2, 0.25) is 0 Å². The fraction of sp³-hybridized carbons (Fsp3) is 0.143. The van der Waals surface area contributed by atoms with E-state index in [0.717, 1.165) is 20.2 Å². The molecular formula is C21H13F6OS+. The molecule has 4 rings (SSSR count). The number of hydrogen-bond donors (Lipinski definition) is 1. The lowest BCUT2D eigenvalue weighted by Gasteiger charge is -2.32. The fourth-order valence-corrected chi connectivity index (χ4v) is 5.81.